The molecule has 5 nitrogen and oxygen atoms in total. The van der Waals surface area contributed by atoms with E-state index >= 15 is 0 Å². The molecule has 1 fully saturated rings. The van der Waals surface area contributed by atoms with Gasteiger partial charge < -0.3 is 9.88 Å². The van der Waals surface area contributed by atoms with Crippen LogP contribution in [0.3, 0.4) is 0 Å². The Hall–Kier alpha value is -0.910. The molecule has 0 bridgehead atoms. The first kappa shape index (κ1) is 15.5. The van der Waals surface area contributed by atoms with Crippen molar-refractivity contribution in [1.82, 2.24) is 24.7 Å². The van der Waals surface area contributed by atoms with Crippen LogP contribution in [0.5, 0.6) is 0 Å². The zero-order valence-corrected chi connectivity index (χ0v) is 13.6. The number of aromatic nitrogens is 2. The van der Waals surface area contributed by atoms with Gasteiger partial charge in [-0.25, -0.2) is 4.98 Å². The molecule has 2 rings (SSSR count). The fraction of sp³-hybridized carbons (Fsp3) is 0.800. The predicted molar refractivity (Wildman–Crippen MR) is 82.9 cm³/mol. The molecule has 1 atom stereocenters. The minimum Gasteiger partial charge on any atom is -0.334 e. The molecular formula is C15H29N5. The fourth-order valence-corrected chi connectivity index (χ4v) is 3.01. The van der Waals surface area contributed by atoms with Crippen LogP contribution in [0.15, 0.2) is 6.20 Å². The summed E-state index contributed by atoms with van der Waals surface area (Å²) in [6, 6.07) is 1.07. The van der Waals surface area contributed by atoms with Crippen LogP contribution in [0, 0.1) is 6.92 Å². The third-order valence-corrected chi connectivity index (χ3v) is 4.52. The molecule has 1 saturated heterocycles. The topological polar surface area (TPSA) is 36.3 Å². The first-order valence-electron chi connectivity index (χ1n) is 7.65. The van der Waals surface area contributed by atoms with Crippen LogP contribution in [0.1, 0.15) is 31.4 Å². The maximum atomic E-state index is 4.46. The van der Waals surface area contributed by atoms with Crippen molar-refractivity contribution < 1.29 is 0 Å². The molecule has 20 heavy (non-hydrogen) atoms. The molecule has 1 unspecified atom stereocenters. The summed E-state index contributed by atoms with van der Waals surface area (Å²) >= 11 is 0. The van der Waals surface area contributed by atoms with Crippen molar-refractivity contribution >= 4 is 0 Å². The Labute approximate surface area is 123 Å². The largest absolute Gasteiger partial charge is 0.334 e. The molecular weight excluding hydrogens is 250 g/mol. The molecule has 2 heterocycles. The Morgan fingerprint density at radius 2 is 1.80 bits per heavy atom. The van der Waals surface area contributed by atoms with Gasteiger partial charge in [0.05, 0.1) is 17.9 Å². The molecule has 1 aromatic rings. The molecule has 0 amide bonds. The average molecular weight is 279 g/mol. The third-order valence-electron chi connectivity index (χ3n) is 4.52. The van der Waals surface area contributed by atoms with E-state index in [9.17, 15) is 0 Å². The van der Waals surface area contributed by atoms with Crippen molar-refractivity contribution in [2.45, 2.75) is 32.9 Å². The molecule has 0 aliphatic carbocycles. The van der Waals surface area contributed by atoms with Crippen molar-refractivity contribution in [3.8, 4) is 0 Å². The molecule has 1 aliphatic rings. The fourth-order valence-electron chi connectivity index (χ4n) is 3.01. The molecule has 1 aromatic heterocycles. The second-order valence-electron chi connectivity index (χ2n) is 6.03. The summed E-state index contributed by atoms with van der Waals surface area (Å²) in [6.45, 7) is 12.2. The lowest BCUT2D eigenvalue weighted by molar-refractivity contribution is 0.0757. The Kier molecular flexibility index (Phi) is 5.18. The second-order valence-corrected chi connectivity index (χ2v) is 6.03. The van der Waals surface area contributed by atoms with Gasteiger partial charge in [0.2, 0.25) is 0 Å². The highest BCUT2D eigenvalue weighted by Crippen LogP contribution is 2.22. The SMILES string of the molecule is CNCC(c1cnc(C)n1C)N1CCN(C(C)C)CC1. The highest BCUT2D eigenvalue weighted by Gasteiger charge is 2.27. The van der Waals surface area contributed by atoms with E-state index in [1.807, 2.05) is 13.2 Å². The van der Waals surface area contributed by atoms with E-state index in [0.717, 1.165) is 38.5 Å². The standard InChI is InChI=1S/C15H29N5/c1-12(2)19-6-8-20(9-7-19)15(10-16-4)14-11-17-13(3)18(14)5/h11-12,15-16H,6-10H2,1-5H3. The quantitative estimate of drug-likeness (QED) is 0.873. The maximum absolute atomic E-state index is 4.46. The third kappa shape index (κ3) is 3.22. The van der Waals surface area contributed by atoms with E-state index in [4.69, 9.17) is 0 Å². The van der Waals surface area contributed by atoms with Gasteiger partial charge in [0.1, 0.15) is 5.82 Å². The van der Waals surface area contributed by atoms with Gasteiger partial charge in [0, 0.05) is 45.8 Å². The Bertz CT molecular complexity index is 418. The van der Waals surface area contributed by atoms with E-state index < -0.39 is 0 Å². The van der Waals surface area contributed by atoms with Crippen LogP contribution in [-0.2, 0) is 7.05 Å². The number of piperazine rings is 1. The normalized spacial score (nSPS) is 19.7. The smallest absolute Gasteiger partial charge is 0.105 e. The number of imidazole rings is 1. The molecule has 0 radical (unpaired) electrons. The van der Waals surface area contributed by atoms with Crippen LogP contribution in [0.2, 0.25) is 0 Å². The highest BCUT2D eigenvalue weighted by atomic mass is 15.3. The summed E-state index contributed by atoms with van der Waals surface area (Å²) in [7, 11) is 4.14. The summed E-state index contributed by atoms with van der Waals surface area (Å²) in [5.41, 5.74) is 1.31. The molecule has 5 heteroatoms. The van der Waals surface area contributed by atoms with Crippen LogP contribution in [0.4, 0.5) is 0 Å². The van der Waals surface area contributed by atoms with E-state index in [2.05, 4.69) is 52.5 Å². The van der Waals surface area contributed by atoms with Gasteiger partial charge >= 0.3 is 0 Å². The van der Waals surface area contributed by atoms with Gasteiger partial charge in [0.25, 0.3) is 0 Å². The van der Waals surface area contributed by atoms with Crippen molar-refractivity contribution in [3.05, 3.63) is 17.7 Å². The van der Waals surface area contributed by atoms with E-state index in [-0.39, 0.29) is 0 Å². The van der Waals surface area contributed by atoms with Gasteiger partial charge in [-0.3, -0.25) is 9.80 Å². The van der Waals surface area contributed by atoms with E-state index in [1.54, 1.807) is 0 Å². The van der Waals surface area contributed by atoms with E-state index in [1.165, 1.54) is 5.69 Å². The number of hydrogen-bond donors (Lipinski definition) is 1. The molecule has 1 aliphatic heterocycles. The monoisotopic (exact) mass is 279 g/mol. The van der Waals surface area contributed by atoms with E-state index in [0.29, 0.717) is 12.1 Å². The first-order chi connectivity index (χ1) is 9.54. The number of rotatable bonds is 5. The van der Waals surface area contributed by atoms with Crippen LogP contribution >= 0.6 is 0 Å². The number of aryl methyl sites for hydroxylation is 1. The Balaban J connectivity index is 2.08. The summed E-state index contributed by atoms with van der Waals surface area (Å²) in [5.74, 6) is 1.09. The van der Waals surface area contributed by atoms with Crippen LogP contribution in [-0.4, -0.2) is 65.2 Å². The lowest BCUT2D eigenvalue weighted by Gasteiger charge is -2.40. The lowest BCUT2D eigenvalue weighted by atomic mass is 10.1. The summed E-state index contributed by atoms with van der Waals surface area (Å²) < 4.78 is 2.22. The minimum atomic E-state index is 0.417. The van der Waals surface area contributed by atoms with Gasteiger partial charge in [-0.1, -0.05) is 0 Å². The zero-order chi connectivity index (χ0) is 14.7. The lowest BCUT2D eigenvalue weighted by Crippen LogP contribution is -2.51. The summed E-state index contributed by atoms with van der Waals surface area (Å²) in [6.07, 6.45) is 2.03. The number of nitrogens with zero attached hydrogens (tertiary/aromatic N) is 4. The van der Waals surface area contributed by atoms with Crippen molar-refractivity contribution in [2.24, 2.45) is 7.05 Å². The van der Waals surface area contributed by atoms with Crippen LogP contribution < -0.4 is 5.32 Å². The molecule has 0 saturated carbocycles. The summed E-state index contributed by atoms with van der Waals surface area (Å²) in [5, 5.41) is 3.34. The first-order valence-corrected chi connectivity index (χ1v) is 7.65. The molecule has 1 N–H and O–H groups in total. The van der Waals surface area contributed by atoms with Crippen molar-refractivity contribution in [2.75, 3.05) is 39.8 Å². The number of nitrogens with one attached hydrogen (secondary N) is 1. The Morgan fingerprint density at radius 3 is 2.25 bits per heavy atom. The van der Waals surface area contributed by atoms with Crippen molar-refractivity contribution in [1.29, 1.82) is 0 Å². The maximum Gasteiger partial charge on any atom is 0.105 e. The molecule has 114 valence electrons. The number of hydrogen-bond acceptors (Lipinski definition) is 4. The van der Waals surface area contributed by atoms with Crippen LogP contribution in [0.25, 0.3) is 0 Å². The second kappa shape index (κ2) is 6.70. The minimum absolute atomic E-state index is 0.417. The molecule has 0 spiro atoms. The van der Waals surface area contributed by atoms with Gasteiger partial charge in [0.15, 0.2) is 0 Å². The average Bonchev–Trinajstić information content (AvgIpc) is 2.77. The zero-order valence-electron chi connectivity index (χ0n) is 13.6. The number of likely N-dealkylation sites (N-methyl/N-ethyl adjacent to an activating group) is 1. The van der Waals surface area contributed by atoms with Gasteiger partial charge in [-0.15, -0.1) is 0 Å². The molecule has 0 aromatic carbocycles. The predicted octanol–water partition coefficient (Wildman–Crippen LogP) is 1.02. The van der Waals surface area contributed by atoms with Gasteiger partial charge in [-0.2, -0.15) is 0 Å². The van der Waals surface area contributed by atoms with Gasteiger partial charge in [-0.05, 0) is 27.8 Å². The summed E-state index contributed by atoms with van der Waals surface area (Å²) in [4.78, 5) is 9.60. The van der Waals surface area contributed by atoms with Crippen molar-refractivity contribution in [3.63, 3.8) is 0 Å². The Morgan fingerprint density at radius 1 is 1.20 bits per heavy atom. The highest BCUT2D eigenvalue weighted by molar-refractivity contribution is 5.10.